The maximum Gasteiger partial charge on any atom is 0.276 e. The van der Waals surface area contributed by atoms with Crippen LogP contribution < -0.4 is 4.74 Å². The molecule has 0 bridgehead atoms. The number of para-hydroxylation sites is 1. The van der Waals surface area contributed by atoms with Crippen LogP contribution in [0, 0.1) is 17.0 Å². The van der Waals surface area contributed by atoms with Gasteiger partial charge in [0.25, 0.3) is 5.69 Å². The third-order valence-corrected chi connectivity index (χ3v) is 3.28. The number of aryl methyl sites for hydroxylation is 1. The monoisotopic (exact) mass is 321 g/mol. The van der Waals surface area contributed by atoms with E-state index in [2.05, 4.69) is 15.9 Å². The summed E-state index contributed by atoms with van der Waals surface area (Å²) in [7, 11) is 0. The highest BCUT2D eigenvalue weighted by Gasteiger charge is 2.13. The predicted molar refractivity (Wildman–Crippen MR) is 76.3 cm³/mol. The van der Waals surface area contributed by atoms with Crippen LogP contribution in [0.25, 0.3) is 0 Å². The highest BCUT2D eigenvalue weighted by Crippen LogP contribution is 2.27. The summed E-state index contributed by atoms with van der Waals surface area (Å²) in [5.41, 5.74) is 1.75. The van der Waals surface area contributed by atoms with Crippen LogP contribution in [0.4, 0.5) is 5.69 Å². The van der Waals surface area contributed by atoms with Gasteiger partial charge in [0.05, 0.1) is 15.0 Å². The second-order valence-corrected chi connectivity index (χ2v) is 4.96. The molecule has 0 aromatic heterocycles. The van der Waals surface area contributed by atoms with E-state index < -0.39 is 4.92 Å². The lowest BCUT2D eigenvalue weighted by Gasteiger charge is -2.09. The average Bonchev–Trinajstić information content (AvgIpc) is 2.38. The van der Waals surface area contributed by atoms with Crippen molar-refractivity contribution in [1.82, 2.24) is 0 Å². The molecule has 0 heterocycles. The van der Waals surface area contributed by atoms with Crippen molar-refractivity contribution in [1.29, 1.82) is 0 Å². The Morgan fingerprint density at radius 2 is 2.00 bits per heavy atom. The zero-order chi connectivity index (χ0) is 13.8. The van der Waals surface area contributed by atoms with Crippen molar-refractivity contribution in [3.63, 3.8) is 0 Å². The van der Waals surface area contributed by atoms with Crippen molar-refractivity contribution in [2.75, 3.05) is 0 Å². The van der Waals surface area contributed by atoms with Crippen molar-refractivity contribution < 1.29 is 9.66 Å². The first-order valence-corrected chi connectivity index (χ1v) is 6.48. The molecule has 0 amide bonds. The van der Waals surface area contributed by atoms with E-state index in [0.717, 1.165) is 10.0 Å². The van der Waals surface area contributed by atoms with Gasteiger partial charge in [-0.05, 0) is 46.6 Å². The zero-order valence-corrected chi connectivity index (χ0v) is 11.9. The summed E-state index contributed by atoms with van der Waals surface area (Å²) in [5.74, 6) is 0.670. The van der Waals surface area contributed by atoms with Gasteiger partial charge < -0.3 is 4.74 Å². The number of halogens is 1. The topological polar surface area (TPSA) is 52.4 Å². The van der Waals surface area contributed by atoms with Crippen LogP contribution in [-0.4, -0.2) is 4.92 Å². The van der Waals surface area contributed by atoms with Gasteiger partial charge in [-0.1, -0.05) is 18.2 Å². The number of benzene rings is 2. The fraction of sp³-hybridized carbons (Fsp3) is 0.143. The summed E-state index contributed by atoms with van der Waals surface area (Å²) in [6, 6.07) is 12.3. The Balaban J connectivity index is 2.17. The van der Waals surface area contributed by atoms with Crippen LogP contribution in [-0.2, 0) is 6.61 Å². The molecule has 4 nitrogen and oxygen atoms in total. The van der Waals surface area contributed by atoms with E-state index in [1.54, 1.807) is 18.2 Å². The van der Waals surface area contributed by atoms with E-state index in [4.69, 9.17) is 4.74 Å². The molecular weight excluding hydrogens is 310 g/mol. The van der Waals surface area contributed by atoms with Crippen LogP contribution in [0.15, 0.2) is 46.9 Å². The molecule has 2 aromatic carbocycles. The molecule has 0 fully saturated rings. The van der Waals surface area contributed by atoms with E-state index in [1.807, 2.05) is 25.1 Å². The summed E-state index contributed by atoms with van der Waals surface area (Å²) in [4.78, 5) is 10.5. The van der Waals surface area contributed by atoms with E-state index in [9.17, 15) is 10.1 Å². The molecule has 0 spiro atoms. The molecule has 0 N–H and O–H groups in total. The minimum Gasteiger partial charge on any atom is -0.487 e. The lowest BCUT2D eigenvalue weighted by atomic mass is 10.2. The highest BCUT2D eigenvalue weighted by atomic mass is 79.9. The van der Waals surface area contributed by atoms with Gasteiger partial charge in [-0.25, -0.2) is 0 Å². The lowest BCUT2D eigenvalue weighted by Crippen LogP contribution is -2.00. The largest absolute Gasteiger partial charge is 0.487 e. The van der Waals surface area contributed by atoms with Crippen LogP contribution in [0.5, 0.6) is 5.75 Å². The van der Waals surface area contributed by atoms with Crippen molar-refractivity contribution in [3.8, 4) is 5.75 Å². The van der Waals surface area contributed by atoms with E-state index in [0.29, 0.717) is 11.3 Å². The molecule has 5 heteroatoms. The Hall–Kier alpha value is -1.88. The van der Waals surface area contributed by atoms with E-state index in [-0.39, 0.29) is 12.3 Å². The maximum atomic E-state index is 10.9. The van der Waals surface area contributed by atoms with Gasteiger partial charge in [0.1, 0.15) is 12.4 Å². The first-order valence-electron chi connectivity index (χ1n) is 5.69. The second-order valence-electron chi connectivity index (χ2n) is 4.11. The molecule has 0 atom stereocenters. The number of nitro groups is 1. The molecule has 2 aromatic rings. The summed E-state index contributed by atoms with van der Waals surface area (Å²) >= 11 is 3.41. The van der Waals surface area contributed by atoms with Crippen molar-refractivity contribution >= 4 is 21.6 Å². The Labute approximate surface area is 119 Å². The van der Waals surface area contributed by atoms with Crippen molar-refractivity contribution in [2.45, 2.75) is 13.5 Å². The maximum absolute atomic E-state index is 10.9. The van der Waals surface area contributed by atoms with Crippen LogP contribution in [0.1, 0.15) is 11.1 Å². The normalized spacial score (nSPS) is 10.2. The Morgan fingerprint density at radius 1 is 1.26 bits per heavy atom. The van der Waals surface area contributed by atoms with Crippen LogP contribution in [0.2, 0.25) is 0 Å². The van der Waals surface area contributed by atoms with Crippen molar-refractivity contribution in [2.24, 2.45) is 0 Å². The quantitative estimate of drug-likeness (QED) is 0.625. The second kappa shape index (κ2) is 5.84. The summed E-state index contributed by atoms with van der Waals surface area (Å²) < 4.78 is 6.46. The van der Waals surface area contributed by atoms with Gasteiger partial charge in [-0.3, -0.25) is 10.1 Å². The summed E-state index contributed by atoms with van der Waals surface area (Å²) in [6.07, 6.45) is 0. The molecule has 2 rings (SSSR count). The third kappa shape index (κ3) is 3.32. The van der Waals surface area contributed by atoms with Crippen molar-refractivity contribution in [3.05, 3.63) is 68.2 Å². The fourth-order valence-corrected chi connectivity index (χ4v) is 2.30. The van der Waals surface area contributed by atoms with Gasteiger partial charge in [0.15, 0.2) is 0 Å². The third-order valence-electron chi connectivity index (χ3n) is 2.66. The highest BCUT2D eigenvalue weighted by molar-refractivity contribution is 9.10. The summed E-state index contributed by atoms with van der Waals surface area (Å²) in [5, 5.41) is 10.9. The molecular formula is C14H12BrNO3. The van der Waals surface area contributed by atoms with Gasteiger partial charge >= 0.3 is 0 Å². The number of nitrogens with zero attached hydrogens (tertiary/aromatic N) is 1. The van der Waals surface area contributed by atoms with Crippen LogP contribution >= 0.6 is 15.9 Å². The minimum atomic E-state index is -0.400. The predicted octanol–water partition coefficient (Wildman–Crippen LogP) is 4.24. The van der Waals surface area contributed by atoms with Gasteiger partial charge in [0, 0.05) is 6.07 Å². The standard InChI is InChI=1S/C14H12BrNO3/c1-10-6-7-14(12(15)8-10)19-9-11-4-2-3-5-13(11)16(17)18/h2-8H,9H2,1H3. The molecule has 19 heavy (non-hydrogen) atoms. The number of hydrogen-bond donors (Lipinski definition) is 0. The average molecular weight is 322 g/mol. The molecule has 0 saturated heterocycles. The molecule has 0 saturated carbocycles. The van der Waals surface area contributed by atoms with Gasteiger partial charge in [0.2, 0.25) is 0 Å². The number of hydrogen-bond acceptors (Lipinski definition) is 3. The van der Waals surface area contributed by atoms with E-state index >= 15 is 0 Å². The van der Waals surface area contributed by atoms with Crippen LogP contribution in [0.3, 0.4) is 0 Å². The number of ether oxygens (including phenoxy) is 1. The SMILES string of the molecule is Cc1ccc(OCc2ccccc2[N+](=O)[O-])c(Br)c1. The first kappa shape index (κ1) is 13.5. The Morgan fingerprint density at radius 3 is 2.68 bits per heavy atom. The molecule has 0 aliphatic rings. The fourth-order valence-electron chi connectivity index (χ4n) is 1.69. The molecule has 0 radical (unpaired) electrons. The van der Waals surface area contributed by atoms with E-state index in [1.165, 1.54) is 6.07 Å². The molecule has 0 unspecified atom stereocenters. The van der Waals surface area contributed by atoms with Gasteiger partial charge in [-0.2, -0.15) is 0 Å². The number of rotatable bonds is 4. The molecule has 98 valence electrons. The smallest absolute Gasteiger partial charge is 0.276 e. The Kier molecular flexibility index (Phi) is 4.16. The molecule has 0 aliphatic heterocycles. The molecule has 0 aliphatic carbocycles. The lowest BCUT2D eigenvalue weighted by molar-refractivity contribution is -0.385. The zero-order valence-electron chi connectivity index (χ0n) is 10.3. The summed E-state index contributed by atoms with van der Waals surface area (Å²) in [6.45, 7) is 2.15. The minimum absolute atomic E-state index is 0.0748. The number of nitro benzene ring substituents is 1. The first-order chi connectivity index (χ1) is 9.08. The van der Waals surface area contributed by atoms with Gasteiger partial charge in [-0.15, -0.1) is 0 Å². The Bertz CT molecular complexity index is 613.